The third-order valence-electron chi connectivity index (χ3n) is 1.67. The van der Waals surface area contributed by atoms with Gasteiger partial charge in [-0.2, -0.15) is 0 Å². The highest BCUT2D eigenvalue weighted by molar-refractivity contribution is 5.30. The first-order valence-corrected chi connectivity index (χ1v) is 3.98. The van der Waals surface area contributed by atoms with Gasteiger partial charge < -0.3 is 4.74 Å². The van der Waals surface area contributed by atoms with E-state index in [4.69, 9.17) is 0 Å². The second-order valence-electron chi connectivity index (χ2n) is 2.91. The maximum absolute atomic E-state index is 12.3. The van der Waals surface area contributed by atoms with Crippen molar-refractivity contribution in [2.75, 3.05) is 0 Å². The summed E-state index contributed by atoms with van der Waals surface area (Å²) in [6, 6.07) is 0.657. The van der Waals surface area contributed by atoms with Crippen LogP contribution in [0, 0.1) is 6.92 Å². The van der Waals surface area contributed by atoms with Crippen LogP contribution in [0.25, 0.3) is 0 Å². The Kier molecular flexibility index (Phi) is 3.20. The third kappa shape index (κ3) is 2.94. The average molecular weight is 243 g/mol. The highest BCUT2D eigenvalue weighted by atomic mass is 19.4. The minimum absolute atomic E-state index is 0.121. The van der Waals surface area contributed by atoms with Crippen LogP contribution in [0.1, 0.15) is 17.6 Å². The Hall–Kier alpha value is -1.60. The molecule has 0 bridgehead atoms. The number of hydrogen-bond donors (Lipinski definition) is 1. The van der Waals surface area contributed by atoms with E-state index in [1.54, 1.807) is 4.98 Å². The van der Waals surface area contributed by atoms with Crippen LogP contribution in [0.5, 0.6) is 5.88 Å². The molecule has 1 heterocycles. The first-order valence-electron chi connectivity index (χ1n) is 3.98. The molecule has 90 valence electrons. The molecule has 1 rings (SSSR count). The largest absolute Gasteiger partial charge is 0.574 e. The van der Waals surface area contributed by atoms with E-state index < -0.39 is 29.8 Å². The Morgan fingerprint density at radius 2 is 1.94 bits per heavy atom. The Labute approximate surface area is 85.8 Å². The van der Waals surface area contributed by atoms with Gasteiger partial charge in [-0.1, -0.05) is 0 Å². The number of hydrogen-bond acceptors (Lipinski definition) is 2. The Balaban J connectivity index is 3.25. The highest BCUT2D eigenvalue weighted by Crippen LogP contribution is 2.30. The second-order valence-corrected chi connectivity index (χ2v) is 2.91. The maximum atomic E-state index is 12.3. The summed E-state index contributed by atoms with van der Waals surface area (Å²) in [7, 11) is 0. The van der Waals surface area contributed by atoms with Crippen molar-refractivity contribution in [2.45, 2.75) is 19.7 Å². The lowest BCUT2D eigenvalue weighted by Gasteiger charge is -2.12. The number of ether oxygens (including phenoxy) is 1. The summed E-state index contributed by atoms with van der Waals surface area (Å²) in [5.41, 5.74) is -2.04. The van der Waals surface area contributed by atoms with Crippen molar-refractivity contribution in [3.8, 4) is 5.88 Å². The third-order valence-corrected chi connectivity index (χ3v) is 1.67. The Bertz CT molecular complexity index is 437. The Morgan fingerprint density at radius 3 is 2.38 bits per heavy atom. The SMILES string of the molecule is Cc1cc(C(F)F)c(OC(F)(F)F)[nH]c1=O. The molecule has 1 N–H and O–H groups in total. The number of pyridine rings is 1. The van der Waals surface area contributed by atoms with Crippen LogP contribution < -0.4 is 10.3 Å². The molecule has 0 atom stereocenters. The number of aromatic amines is 1. The van der Waals surface area contributed by atoms with Crippen LogP contribution in [0.4, 0.5) is 22.0 Å². The van der Waals surface area contributed by atoms with Crippen LogP contribution in [0.15, 0.2) is 10.9 Å². The molecule has 16 heavy (non-hydrogen) atoms. The van der Waals surface area contributed by atoms with E-state index in [9.17, 15) is 26.7 Å². The molecular weight excluding hydrogens is 237 g/mol. The monoisotopic (exact) mass is 243 g/mol. The minimum Gasteiger partial charge on any atom is -0.389 e. The van der Waals surface area contributed by atoms with Gasteiger partial charge in [0, 0.05) is 5.56 Å². The number of nitrogens with one attached hydrogen (secondary N) is 1. The smallest absolute Gasteiger partial charge is 0.389 e. The zero-order valence-electron chi connectivity index (χ0n) is 7.86. The number of H-pyrrole nitrogens is 1. The van der Waals surface area contributed by atoms with Gasteiger partial charge in [0.05, 0.1) is 5.56 Å². The van der Waals surface area contributed by atoms with Crippen molar-refractivity contribution >= 4 is 0 Å². The normalized spacial score (nSPS) is 11.9. The van der Waals surface area contributed by atoms with E-state index in [1.807, 2.05) is 0 Å². The summed E-state index contributed by atoms with van der Waals surface area (Å²) in [5.74, 6) is -1.28. The van der Waals surface area contributed by atoms with Gasteiger partial charge >= 0.3 is 6.36 Å². The van der Waals surface area contributed by atoms with Gasteiger partial charge in [0.1, 0.15) is 0 Å². The van der Waals surface area contributed by atoms with Crippen molar-refractivity contribution in [3.05, 3.63) is 27.5 Å². The standard InChI is InChI=1S/C8H6F5NO2/c1-3-2-4(5(9)10)7(14-6(3)15)16-8(11,12)13/h2,5H,1H3,(H,14,15). The summed E-state index contributed by atoms with van der Waals surface area (Å²) in [6.07, 6.45) is -8.31. The lowest BCUT2D eigenvalue weighted by atomic mass is 10.2. The van der Waals surface area contributed by atoms with Gasteiger partial charge in [0.25, 0.3) is 12.0 Å². The summed E-state index contributed by atoms with van der Waals surface area (Å²) in [6.45, 7) is 1.20. The van der Waals surface area contributed by atoms with Crippen molar-refractivity contribution in [2.24, 2.45) is 0 Å². The molecule has 8 heteroatoms. The minimum atomic E-state index is -5.14. The summed E-state index contributed by atoms with van der Waals surface area (Å²) in [4.78, 5) is 12.6. The molecule has 3 nitrogen and oxygen atoms in total. The topological polar surface area (TPSA) is 42.1 Å². The second kappa shape index (κ2) is 4.11. The molecule has 0 unspecified atom stereocenters. The first-order chi connectivity index (χ1) is 7.20. The van der Waals surface area contributed by atoms with Crippen molar-refractivity contribution < 1.29 is 26.7 Å². The highest BCUT2D eigenvalue weighted by Gasteiger charge is 2.34. The number of rotatable bonds is 2. The lowest BCUT2D eigenvalue weighted by molar-refractivity contribution is -0.276. The average Bonchev–Trinajstić information content (AvgIpc) is 2.07. The Morgan fingerprint density at radius 1 is 1.38 bits per heavy atom. The molecule has 0 radical (unpaired) electrons. The number of halogens is 5. The van der Waals surface area contributed by atoms with Gasteiger partial charge in [0.15, 0.2) is 0 Å². The van der Waals surface area contributed by atoms with E-state index in [0.717, 1.165) is 0 Å². The van der Waals surface area contributed by atoms with E-state index in [0.29, 0.717) is 6.07 Å². The van der Waals surface area contributed by atoms with Crippen LogP contribution in [-0.4, -0.2) is 11.3 Å². The van der Waals surface area contributed by atoms with Crippen molar-refractivity contribution in [1.82, 2.24) is 4.98 Å². The van der Waals surface area contributed by atoms with Gasteiger partial charge in [-0.25, -0.2) is 8.78 Å². The van der Waals surface area contributed by atoms with Gasteiger partial charge in [-0.15, -0.1) is 13.2 Å². The fraction of sp³-hybridized carbons (Fsp3) is 0.375. The molecule has 0 aromatic carbocycles. The van der Waals surface area contributed by atoms with Crippen LogP contribution in [0.2, 0.25) is 0 Å². The molecule has 0 aliphatic rings. The van der Waals surface area contributed by atoms with Gasteiger partial charge in [-0.3, -0.25) is 9.78 Å². The number of aromatic nitrogens is 1. The van der Waals surface area contributed by atoms with Crippen molar-refractivity contribution in [3.63, 3.8) is 0 Å². The molecule has 0 fully saturated rings. The summed E-state index contributed by atoms with van der Waals surface area (Å²) < 4.78 is 63.5. The fourth-order valence-corrected chi connectivity index (χ4v) is 1.00. The molecule has 0 saturated carbocycles. The molecular formula is C8H6F5NO2. The molecule has 0 aliphatic carbocycles. The molecule has 0 amide bonds. The van der Waals surface area contributed by atoms with E-state index in [1.165, 1.54) is 6.92 Å². The van der Waals surface area contributed by atoms with Crippen LogP contribution in [0.3, 0.4) is 0 Å². The van der Waals surface area contributed by atoms with E-state index in [2.05, 4.69) is 4.74 Å². The lowest BCUT2D eigenvalue weighted by Crippen LogP contribution is -2.22. The van der Waals surface area contributed by atoms with Crippen LogP contribution >= 0.6 is 0 Å². The maximum Gasteiger partial charge on any atom is 0.574 e. The number of aryl methyl sites for hydroxylation is 1. The summed E-state index contributed by atoms with van der Waals surface area (Å²) >= 11 is 0. The zero-order chi connectivity index (χ0) is 12.5. The molecule has 1 aromatic heterocycles. The predicted molar refractivity (Wildman–Crippen MR) is 43.4 cm³/mol. The zero-order valence-corrected chi connectivity index (χ0v) is 7.86. The van der Waals surface area contributed by atoms with Gasteiger partial charge in [-0.05, 0) is 13.0 Å². The van der Waals surface area contributed by atoms with Crippen LogP contribution in [-0.2, 0) is 0 Å². The number of alkyl halides is 5. The van der Waals surface area contributed by atoms with E-state index in [-0.39, 0.29) is 5.56 Å². The first kappa shape index (κ1) is 12.5. The fourth-order valence-electron chi connectivity index (χ4n) is 1.00. The van der Waals surface area contributed by atoms with Crippen molar-refractivity contribution in [1.29, 1.82) is 0 Å². The summed E-state index contributed by atoms with van der Waals surface area (Å²) in [5, 5.41) is 0. The van der Waals surface area contributed by atoms with Gasteiger partial charge in [0.2, 0.25) is 5.88 Å². The molecule has 0 saturated heterocycles. The molecule has 0 spiro atoms. The quantitative estimate of drug-likeness (QED) is 0.811. The molecule has 1 aromatic rings. The van der Waals surface area contributed by atoms with E-state index >= 15 is 0 Å². The molecule has 0 aliphatic heterocycles. The predicted octanol–water partition coefficient (Wildman–Crippen LogP) is 2.52.